The van der Waals surface area contributed by atoms with Crippen LogP contribution in [0.4, 0.5) is 0 Å². The number of carbonyl (C=O) groups excluding carboxylic acids is 5. The minimum atomic E-state index is -1.07. The number of imide groups is 2. The van der Waals surface area contributed by atoms with Gasteiger partial charge in [-0.15, -0.1) is 0 Å². The summed E-state index contributed by atoms with van der Waals surface area (Å²) in [4.78, 5) is 62.5. The number of benzene rings is 1. The van der Waals surface area contributed by atoms with Gasteiger partial charge in [-0.2, -0.15) is 0 Å². The van der Waals surface area contributed by atoms with Gasteiger partial charge in [0.25, 0.3) is 11.8 Å². The largest absolute Gasteiger partial charge is 0.458 e. The predicted molar refractivity (Wildman–Crippen MR) is 109 cm³/mol. The topological polar surface area (TPSA) is 122 Å². The van der Waals surface area contributed by atoms with Crippen LogP contribution in [0.3, 0.4) is 0 Å². The summed E-state index contributed by atoms with van der Waals surface area (Å²) in [5.41, 5.74) is 0.00262. The molecule has 0 radical (unpaired) electrons. The second kappa shape index (κ2) is 8.71. The average Bonchev–Trinajstić information content (AvgIpc) is 2.94. The third-order valence-electron chi connectivity index (χ3n) is 4.78. The fourth-order valence-corrected chi connectivity index (χ4v) is 3.42. The molecule has 9 nitrogen and oxygen atoms in total. The molecule has 2 atom stereocenters. The summed E-state index contributed by atoms with van der Waals surface area (Å²) in [6.07, 6.45) is 1.38. The Kier molecular flexibility index (Phi) is 6.24. The Morgan fingerprint density at radius 1 is 1.19 bits per heavy atom. The van der Waals surface area contributed by atoms with Crippen LogP contribution in [0.5, 0.6) is 0 Å². The summed E-state index contributed by atoms with van der Waals surface area (Å²) in [5, 5.41) is 4.97. The molecule has 9 heteroatoms. The Hall–Kier alpha value is -3.49. The molecule has 0 aromatic heterocycles. The summed E-state index contributed by atoms with van der Waals surface area (Å²) < 4.78 is 5.48. The number of amides is 4. The maximum atomic E-state index is 12.9. The molecule has 31 heavy (non-hydrogen) atoms. The van der Waals surface area contributed by atoms with Crippen molar-refractivity contribution in [2.24, 2.45) is 0 Å². The van der Waals surface area contributed by atoms with E-state index in [2.05, 4.69) is 10.6 Å². The van der Waals surface area contributed by atoms with Crippen molar-refractivity contribution in [1.82, 2.24) is 15.5 Å². The average molecular weight is 427 g/mol. The maximum absolute atomic E-state index is 12.9. The lowest BCUT2D eigenvalue weighted by atomic mass is 10.0. The van der Waals surface area contributed by atoms with Crippen molar-refractivity contribution in [3.05, 3.63) is 47.7 Å². The first-order chi connectivity index (χ1) is 14.5. The second-order valence-corrected chi connectivity index (χ2v) is 8.46. The number of nitrogens with zero attached hydrogens (tertiary/aromatic N) is 1. The molecule has 164 valence electrons. The number of hydrogen-bond acceptors (Lipinski definition) is 7. The molecule has 2 aliphatic heterocycles. The first-order valence-corrected chi connectivity index (χ1v) is 10.0. The number of esters is 1. The number of hydrogen-bond donors (Lipinski definition) is 2. The third kappa shape index (κ3) is 5.36. The van der Waals surface area contributed by atoms with Crippen LogP contribution >= 0.6 is 0 Å². The first-order valence-electron chi connectivity index (χ1n) is 10.0. The van der Waals surface area contributed by atoms with E-state index >= 15 is 0 Å². The summed E-state index contributed by atoms with van der Waals surface area (Å²) >= 11 is 0. The zero-order chi connectivity index (χ0) is 22.8. The Labute approximate surface area is 179 Å². The van der Waals surface area contributed by atoms with Crippen molar-refractivity contribution in [2.45, 2.75) is 57.7 Å². The van der Waals surface area contributed by atoms with Crippen LogP contribution in [0.15, 0.2) is 42.1 Å². The highest BCUT2D eigenvalue weighted by molar-refractivity contribution is 6.18. The van der Waals surface area contributed by atoms with Gasteiger partial charge < -0.3 is 10.1 Å². The van der Waals surface area contributed by atoms with E-state index < -0.39 is 47.3 Å². The molecule has 3 rings (SSSR count). The molecule has 2 aliphatic rings. The number of piperidine rings is 1. The molecule has 0 aliphatic carbocycles. The summed E-state index contributed by atoms with van der Waals surface area (Å²) in [5.74, 6) is -3.11. The summed E-state index contributed by atoms with van der Waals surface area (Å²) in [6.45, 7) is 5.20. The molecule has 1 aromatic rings. The molecule has 4 amide bonds. The van der Waals surface area contributed by atoms with E-state index in [1.165, 1.54) is 0 Å². The fourth-order valence-electron chi connectivity index (χ4n) is 3.42. The van der Waals surface area contributed by atoms with E-state index in [4.69, 9.17) is 4.74 Å². The first kappa shape index (κ1) is 22.2. The monoisotopic (exact) mass is 427 g/mol. The van der Waals surface area contributed by atoms with E-state index in [-0.39, 0.29) is 25.0 Å². The molecule has 2 N–H and O–H groups in total. The Morgan fingerprint density at radius 3 is 2.48 bits per heavy atom. The zero-order valence-electron chi connectivity index (χ0n) is 17.6. The van der Waals surface area contributed by atoms with Gasteiger partial charge in [0.1, 0.15) is 23.4 Å². The van der Waals surface area contributed by atoms with Crippen LogP contribution in [0, 0.1) is 0 Å². The van der Waals surface area contributed by atoms with Crippen LogP contribution in [-0.2, 0) is 35.1 Å². The van der Waals surface area contributed by atoms with E-state index in [9.17, 15) is 24.0 Å². The molecule has 1 aromatic carbocycles. The predicted octanol–water partition coefficient (Wildman–Crippen LogP) is 0.587. The molecule has 1 saturated heterocycles. The van der Waals surface area contributed by atoms with Gasteiger partial charge in [-0.25, -0.2) is 4.79 Å². The van der Waals surface area contributed by atoms with Gasteiger partial charge in [0, 0.05) is 18.9 Å². The normalized spacial score (nSPS) is 20.3. The number of nitrogens with one attached hydrogen (secondary N) is 2. The van der Waals surface area contributed by atoms with Gasteiger partial charge in [0.05, 0.1) is 0 Å². The SMILES string of the molecule is CC(C)(C)OC(=O)[C@@H](Cc1ccccc1)NC1=CC(=O)N(C2CCC(=O)NC2=O)C1=O. The van der Waals surface area contributed by atoms with Crippen LogP contribution in [-0.4, -0.2) is 52.2 Å². The van der Waals surface area contributed by atoms with Crippen molar-refractivity contribution in [3.63, 3.8) is 0 Å². The van der Waals surface area contributed by atoms with Crippen LogP contribution in [0.2, 0.25) is 0 Å². The lowest BCUT2D eigenvalue weighted by molar-refractivity contribution is -0.157. The summed E-state index contributed by atoms with van der Waals surface area (Å²) in [7, 11) is 0. The van der Waals surface area contributed by atoms with Gasteiger partial charge >= 0.3 is 5.97 Å². The minimum absolute atomic E-state index is 0.0325. The minimum Gasteiger partial charge on any atom is -0.458 e. The highest BCUT2D eigenvalue weighted by atomic mass is 16.6. The number of ether oxygens (including phenoxy) is 1. The Balaban J connectivity index is 1.78. The van der Waals surface area contributed by atoms with Crippen molar-refractivity contribution in [3.8, 4) is 0 Å². The number of rotatable bonds is 6. The van der Waals surface area contributed by atoms with E-state index in [1.54, 1.807) is 20.8 Å². The van der Waals surface area contributed by atoms with Gasteiger partial charge in [-0.1, -0.05) is 30.3 Å². The van der Waals surface area contributed by atoms with E-state index in [1.807, 2.05) is 30.3 Å². The molecule has 2 heterocycles. The van der Waals surface area contributed by atoms with Crippen LogP contribution < -0.4 is 10.6 Å². The van der Waals surface area contributed by atoms with Crippen LogP contribution in [0.25, 0.3) is 0 Å². The van der Waals surface area contributed by atoms with E-state index in [0.717, 1.165) is 16.5 Å². The second-order valence-electron chi connectivity index (χ2n) is 8.46. The van der Waals surface area contributed by atoms with Gasteiger partial charge in [-0.05, 0) is 32.8 Å². The highest BCUT2D eigenvalue weighted by Gasteiger charge is 2.43. The molecule has 0 saturated carbocycles. The van der Waals surface area contributed by atoms with Crippen molar-refractivity contribution in [2.75, 3.05) is 0 Å². The number of carbonyl (C=O) groups is 5. The smallest absolute Gasteiger partial charge is 0.329 e. The Morgan fingerprint density at radius 2 is 1.87 bits per heavy atom. The van der Waals surface area contributed by atoms with Gasteiger partial charge in [0.2, 0.25) is 11.8 Å². The standard InChI is InChI=1S/C22H25N3O6/c1-22(2,3)31-21(30)15(11-13-7-5-4-6-8-13)23-14-12-18(27)25(20(14)29)16-9-10-17(26)24-19(16)28/h4-8,12,15-16,23H,9-11H2,1-3H3,(H,24,26,28)/t15-,16?/m1/s1. The summed E-state index contributed by atoms with van der Waals surface area (Å²) in [6, 6.07) is 7.19. The quantitative estimate of drug-likeness (QED) is 0.503. The third-order valence-corrected chi connectivity index (χ3v) is 4.78. The molecular weight excluding hydrogens is 402 g/mol. The Bertz CT molecular complexity index is 948. The lowest BCUT2D eigenvalue weighted by Crippen LogP contribution is -2.55. The van der Waals surface area contributed by atoms with Crippen molar-refractivity contribution < 1.29 is 28.7 Å². The van der Waals surface area contributed by atoms with Crippen LogP contribution in [0.1, 0.15) is 39.2 Å². The van der Waals surface area contributed by atoms with E-state index in [0.29, 0.717) is 0 Å². The lowest BCUT2D eigenvalue weighted by Gasteiger charge is -2.29. The van der Waals surface area contributed by atoms with Crippen molar-refractivity contribution >= 4 is 29.6 Å². The fraction of sp³-hybridized carbons (Fsp3) is 0.409. The maximum Gasteiger partial charge on any atom is 0.329 e. The zero-order valence-corrected chi connectivity index (χ0v) is 17.6. The highest BCUT2D eigenvalue weighted by Crippen LogP contribution is 2.21. The molecule has 0 spiro atoms. The molecule has 1 unspecified atom stereocenters. The molecule has 0 bridgehead atoms. The van der Waals surface area contributed by atoms with Gasteiger partial charge in [-0.3, -0.25) is 29.4 Å². The molecule has 1 fully saturated rings. The van der Waals surface area contributed by atoms with Crippen molar-refractivity contribution in [1.29, 1.82) is 0 Å². The molecular formula is C22H25N3O6. The van der Waals surface area contributed by atoms with Gasteiger partial charge in [0.15, 0.2) is 0 Å².